The standard InChI is InChI=1S/C6H14ClN.ClH/c1-4-5-6(7)8(2)3;/h6H,4-5H2,1-3H3;1H. The average Bonchev–Trinajstić information content (AvgIpc) is 1.67. The van der Waals surface area contributed by atoms with Gasteiger partial charge in [-0.25, -0.2) is 0 Å². The van der Waals surface area contributed by atoms with Gasteiger partial charge in [0.2, 0.25) is 0 Å². The van der Waals surface area contributed by atoms with E-state index in [-0.39, 0.29) is 17.9 Å². The fourth-order valence-corrected chi connectivity index (χ4v) is 0.715. The molecule has 0 aliphatic rings. The van der Waals surface area contributed by atoms with Crippen LogP contribution in [0.4, 0.5) is 0 Å². The molecule has 0 spiro atoms. The van der Waals surface area contributed by atoms with E-state index < -0.39 is 0 Å². The third-order valence-corrected chi connectivity index (χ3v) is 1.70. The number of hydrogen-bond donors (Lipinski definition) is 0. The van der Waals surface area contributed by atoms with Crippen LogP contribution in [0.25, 0.3) is 0 Å². The Morgan fingerprint density at radius 2 is 1.89 bits per heavy atom. The maximum Gasteiger partial charge on any atom is 0.0845 e. The van der Waals surface area contributed by atoms with Crippen LogP contribution in [0.15, 0.2) is 0 Å². The summed E-state index contributed by atoms with van der Waals surface area (Å²) in [7, 11) is 3.99. The van der Waals surface area contributed by atoms with Crippen LogP contribution in [0.3, 0.4) is 0 Å². The summed E-state index contributed by atoms with van der Waals surface area (Å²) in [5, 5.41) is 0. The van der Waals surface area contributed by atoms with Gasteiger partial charge in [0.25, 0.3) is 0 Å². The topological polar surface area (TPSA) is 3.24 Å². The third-order valence-electron chi connectivity index (χ3n) is 1.09. The zero-order valence-electron chi connectivity index (χ0n) is 6.22. The average molecular weight is 172 g/mol. The van der Waals surface area contributed by atoms with E-state index in [1.807, 2.05) is 19.0 Å². The molecule has 0 saturated heterocycles. The van der Waals surface area contributed by atoms with Gasteiger partial charge in [-0.05, 0) is 20.5 Å². The molecule has 1 atom stereocenters. The second-order valence-corrected chi connectivity index (χ2v) is 2.69. The molecule has 3 heteroatoms. The van der Waals surface area contributed by atoms with Crippen molar-refractivity contribution in [2.45, 2.75) is 25.3 Å². The second kappa shape index (κ2) is 6.66. The molecule has 9 heavy (non-hydrogen) atoms. The first kappa shape index (κ1) is 12.2. The molecule has 0 rings (SSSR count). The van der Waals surface area contributed by atoms with Gasteiger partial charge in [0.15, 0.2) is 0 Å². The summed E-state index contributed by atoms with van der Waals surface area (Å²) in [5.41, 5.74) is 0.222. The van der Waals surface area contributed by atoms with E-state index in [2.05, 4.69) is 6.92 Å². The number of alkyl halides is 1. The van der Waals surface area contributed by atoms with Crippen molar-refractivity contribution in [1.29, 1.82) is 0 Å². The molecule has 0 aromatic heterocycles. The van der Waals surface area contributed by atoms with Gasteiger partial charge in [0.1, 0.15) is 0 Å². The molecule has 0 aromatic rings. The van der Waals surface area contributed by atoms with Crippen LogP contribution in [0.5, 0.6) is 0 Å². The summed E-state index contributed by atoms with van der Waals surface area (Å²) in [5.74, 6) is 0. The van der Waals surface area contributed by atoms with E-state index in [1.54, 1.807) is 0 Å². The Morgan fingerprint density at radius 3 is 2.00 bits per heavy atom. The third kappa shape index (κ3) is 6.42. The summed E-state index contributed by atoms with van der Waals surface area (Å²) in [4.78, 5) is 2.02. The van der Waals surface area contributed by atoms with Gasteiger partial charge in [-0.3, -0.25) is 4.90 Å². The van der Waals surface area contributed by atoms with Crippen molar-refractivity contribution in [2.75, 3.05) is 14.1 Å². The number of hydrogen-bond acceptors (Lipinski definition) is 1. The first-order valence-electron chi connectivity index (χ1n) is 2.99. The van der Waals surface area contributed by atoms with Crippen LogP contribution in [0.2, 0.25) is 0 Å². The molecule has 0 radical (unpaired) electrons. The molecule has 58 valence electrons. The predicted molar refractivity (Wildman–Crippen MR) is 45.5 cm³/mol. The zero-order valence-corrected chi connectivity index (χ0v) is 7.80. The smallest absolute Gasteiger partial charge is 0.0845 e. The fourth-order valence-electron chi connectivity index (χ4n) is 0.496. The summed E-state index contributed by atoms with van der Waals surface area (Å²) in [6.07, 6.45) is 2.24. The van der Waals surface area contributed by atoms with Gasteiger partial charge in [-0.1, -0.05) is 13.3 Å². The van der Waals surface area contributed by atoms with Gasteiger partial charge in [-0.15, -0.1) is 24.0 Å². The van der Waals surface area contributed by atoms with Crippen molar-refractivity contribution >= 4 is 24.0 Å². The molecule has 0 bridgehead atoms. The zero-order chi connectivity index (χ0) is 6.57. The molecular weight excluding hydrogens is 157 g/mol. The normalized spacial score (nSPS) is 13.0. The lowest BCUT2D eigenvalue weighted by Gasteiger charge is -2.15. The van der Waals surface area contributed by atoms with Crippen molar-refractivity contribution in [3.8, 4) is 0 Å². The van der Waals surface area contributed by atoms with Crippen molar-refractivity contribution in [3.05, 3.63) is 0 Å². The second-order valence-electron chi connectivity index (χ2n) is 2.19. The first-order valence-corrected chi connectivity index (χ1v) is 3.42. The van der Waals surface area contributed by atoms with Crippen LogP contribution >= 0.6 is 24.0 Å². The molecule has 0 N–H and O–H groups in total. The van der Waals surface area contributed by atoms with Crippen LogP contribution in [0.1, 0.15) is 19.8 Å². The minimum atomic E-state index is 0. The lowest BCUT2D eigenvalue weighted by Crippen LogP contribution is -2.21. The van der Waals surface area contributed by atoms with Crippen LogP contribution in [-0.4, -0.2) is 24.5 Å². The highest BCUT2D eigenvalue weighted by Gasteiger charge is 2.02. The molecule has 0 fully saturated rings. The minimum absolute atomic E-state index is 0. The molecule has 0 amide bonds. The van der Waals surface area contributed by atoms with Crippen LogP contribution < -0.4 is 0 Å². The molecule has 0 aliphatic carbocycles. The van der Waals surface area contributed by atoms with Gasteiger partial charge in [0, 0.05) is 0 Å². The van der Waals surface area contributed by atoms with Crippen molar-refractivity contribution < 1.29 is 0 Å². The fraction of sp³-hybridized carbons (Fsp3) is 1.00. The Bertz CT molecular complexity index is 57.0. The van der Waals surface area contributed by atoms with Crippen molar-refractivity contribution in [2.24, 2.45) is 0 Å². The summed E-state index contributed by atoms with van der Waals surface area (Å²) < 4.78 is 0. The lowest BCUT2D eigenvalue weighted by atomic mass is 10.3. The predicted octanol–water partition coefficient (Wildman–Crippen LogP) is 2.33. The summed E-state index contributed by atoms with van der Waals surface area (Å²) >= 11 is 5.84. The van der Waals surface area contributed by atoms with Gasteiger partial charge in [0.05, 0.1) is 5.50 Å². The lowest BCUT2D eigenvalue weighted by molar-refractivity contribution is 0.358. The molecular formula is C6H15Cl2N. The molecule has 1 nitrogen and oxygen atoms in total. The largest absolute Gasteiger partial charge is 0.294 e. The van der Waals surface area contributed by atoms with Gasteiger partial charge >= 0.3 is 0 Å². The quantitative estimate of drug-likeness (QED) is 0.466. The van der Waals surface area contributed by atoms with E-state index in [1.165, 1.54) is 0 Å². The number of nitrogens with zero attached hydrogens (tertiary/aromatic N) is 1. The van der Waals surface area contributed by atoms with Crippen molar-refractivity contribution in [1.82, 2.24) is 4.90 Å². The molecule has 0 saturated carbocycles. The summed E-state index contributed by atoms with van der Waals surface area (Å²) in [6, 6.07) is 0. The van der Waals surface area contributed by atoms with Gasteiger partial charge in [-0.2, -0.15) is 0 Å². The Balaban J connectivity index is 0. The monoisotopic (exact) mass is 171 g/mol. The van der Waals surface area contributed by atoms with Crippen LogP contribution in [0, 0.1) is 0 Å². The number of rotatable bonds is 3. The van der Waals surface area contributed by atoms with Gasteiger partial charge < -0.3 is 0 Å². The highest BCUT2D eigenvalue weighted by Crippen LogP contribution is 2.05. The van der Waals surface area contributed by atoms with Crippen molar-refractivity contribution in [3.63, 3.8) is 0 Å². The molecule has 0 aromatic carbocycles. The summed E-state index contributed by atoms with van der Waals surface area (Å²) in [6.45, 7) is 2.14. The molecule has 1 unspecified atom stereocenters. The van der Waals surface area contributed by atoms with E-state index in [0.29, 0.717) is 0 Å². The van der Waals surface area contributed by atoms with E-state index in [9.17, 15) is 0 Å². The highest BCUT2D eigenvalue weighted by atomic mass is 35.5. The Morgan fingerprint density at radius 1 is 1.44 bits per heavy atom. The van der Waals surface area contributed by atoms with Crippen LogP contribution in [-0.2, 0) is 0 Å². The Hall–Kier alpha value is 0.540. The maximum atomic E-state index is 5.84. The maximum absolute atomic E-state index is 5.84. The van der Waals surface area contributed by atoms with E-state index in [0.717, 1.165) is 12.8 Å². The minimum Gasteiger partial charge on any atom is -0.294 e. The number of halogens is 2. The SMILES string of the molecule is CCCC(Cl)N(C)C.Cl. The molecule has 0 heterocycles. The highest BCUT2D eigenvalue weighted by molar-refractivity contribution is 6.20. The first-order chi connectivity index (χ1) is 3.68. The Labute approximate surface area is 68.8 Å². The molecule has 0 aliphatic heterocycles. The van der Waals surface area contributed by atoms with E-state index in [4.69, 9.17) is 11.6 Å². The Kier molecular flexibility index (Phi) is 9.05. The van der Waals surface area contributed by atoms with E-state index >= 15 is 0 Å².